The van der Waals surface area contributed by atoms with Gasteiger partial charge in [0.25, 0.3) is 0 Å². The summed E-state index contributed by atoms with van der Waals surface area (Å²) in [5.74, 6) is -0.260. The molecule has 0 saturated carbocycles. The monoisotopic (exact) mass is 274 g/mol. The highest BCUT2D eigenvalue weighted by atomic mass is 79.9. The molecule has 0 fully saturated rings. The summed E-state index contributed by atoms with van der Waals surface area (Å²) in [6.07, 6.45) is 1.65. The molecule has 1 aromatic rings. The van der Waals surface area contributed by atoms with E-state index >= 15 is 0 Å². The van der Waals surface area contributed by atoms with Crippen LogP contribution in [-0.4, -0.2) is 10.7 Å². The zero-order valence-electron chi connectivity index (χ0n) is 9.06. The van der Waals surface area contributed by atoms with E-state index in [9.17, 15) is 9.50 Å². The van der Waals surface area contributed by atoms with Crippen molar-refractivity contribution in [2.75, 3.05) is 0 Å². The summed E-state index contributed by atoms with van der Waals surface area (Å²) >= 11 is 3.21. The minimum Gasteiger partial charge on any atom is -0.390 e. The van der Waals surface area contributed by atoms with Crippen molar-refractivity contribution in [2.45, 2.75) is 38.7 Å². The second kappa shape index (κ2) is 5.08. The zero-order chi connectivity index (χ0) is 11.5. The maximum atomic E-state index is 13.5. The Morgan fingerprint density at radius 2 is 1.93 bits per heavy atom. The third kappa shape index (κ3) is 3.28. The Hall–Kier alpha value is -0.410. The predicted octanol–water partition coefficient (Wildman–Crippen LogP) is 3.68. The molecule has 0 aromatic heterocycles. The molecule has 0 atom stereocenters. The molecule has 15 heavy (non-hydrogen) atoms. The minimum atomic E-state index is -0.783. The molecule has 0 spiro atoms. The summed E-state index contributed by atoms with van der Waals surface area (Å²) in [6.45, 7) is 3.83. The maximum absolute atomic E-state index is 13.5. The number of rotatable bonds is 4. The molecule has 0 aliphatic carbocycles. The summed E-state index contributed by atoms with van der Waals surface area (Å²) in [5.41, 5.74) is -0.210. The first-order valence-electron chi connectivity index (χ1n) is 5.17. The van der Waals surface area contributed by atoms with Gasteiger partial charge in [-0.3, -0.25) is 0 Å². The SMILES string of the molecule is CCC(O)(CC)Cc1ccc(Br)cc1F. The van der Waals surface area contributed by atoms with Crippen molar-refractivity contribution in [3.05, 3.63) is 34.1 Å². The average molecular weight is 275 g/mol. The van der Waals surface area contributed by atoms with Crippen LogP contribution in [0.1, 0.15) is 32.3 Å². The molecule has 0 amide bonds. The Labute approximate surface area is 98.4 Å². The molecule has 0 aliphatic heterocycles. The van der Waals surface area contributed by atoms with Gasteiger partial charge in [-0.1, -0.05) is 35.8 Å². The van der Waals surface area contributed by atoms with Gasteiger partial charge < -0.3 is 5.11 Å². The average Bonchev–Trinajstić information content (AvgIpc) is 2.22. The van der Waals surface area contributed by atoms with Crippen molar-refractivity contribution in [3.63, 3.8) is 0 Å². The standard InChI is InChI=1S/C12H16BrFO/c1-3-12(15,4-2)8-9-5-6-10(13)7-11(9)14/h5-7,15H,3-4,8H2,1-2H3. The van der Waals surface area contributed by atoms with Crippen LogP contribution < -0.4 is 0 Å². The summed E-state index contributed by atoms with van der Waals surface area (Å²) in [5, 5.41) is 10.1. The van der Waals surface area contributed by atoms with Gasteiger partial charge in [-0.2, -0.15) is 0 Å². The van der Waals surface area contributed by atoms with E-state index in [1.54, 1.807) is 12.1 Å². The number of halogens is 2. The van der Waals surface area contributed by atoms with Crippen molar-refractivity contribution < 1.29 is 9.50 Å². The van der Waals surface area contributed by atoms with Crippen LogP contribution in [0.3, 0.4) is 0 Å². The lowest BCUT2D eigenvalue weighted by Gasteiger charge is -2.25. The number of hydrogen-bond donors (Lipinski definition) is 1. The van der Waals surface area contributed by atoms with Crippen molar-refractivity contribution >= 4 is 15.9 Å². The van der Waals surface area contributed by atoms with Gasteiger partial charge >= 0.3 is 0 Å². The van der Waals surface area contributed by atoms with Gasteiger partial charge in [0, 0.05) is 10.9 Å². The Morgan fingerprint density at radius 1 is 1.33 bits per heavy atom. The van der Waals surface area contributed by atoms with Gasteiger partial charge in [-0.05, 0) is 30.5 Å². The molecule has 3 heteroatoms. The van der Waals surface area contributed by atoms with Crippen LogP contribution in [0.15, 0.2) is 22.7 Å². The largest absolute Gasteiger partial charge is 0.390 e. The highest BCUT2D eigenvalue weighted by Gasteiger charge is 2.23. The lowest BCUT2D eigenvalue weighted by molar-refractivity contribution is 0.0318. The summed E-state index contributed by atoms with van der Waals surface area (Å²) in [4.78, 5) is 0. The van der Waals surface area contributed by atoms with E-state index in [0.29, 0.717) is 24.8 Å². The first kappa shape index (κ1) is 12.7. The number of aliphatic hydroxyl groups is 1. The molecule has 84 valence electrons. The fourth-order valence-electron chi connectivity index (χ4n) is 1.52. The molecule has 0 bridgehead atoms. The van der Waals surface area contributed by atoms with Crippen LogP contribution >= 0.6 is 15.9 Å². The van der Waals surface area contributed by atoms with Crippen LogP contribution in [0, 0.1) is 5.82 Å². The molecule has 1 aromatic carbocycles. The van der Waals surface area contributed by atoms with Crippen LogP contribution in [0.25, 0.3) is 0 Å². The molecular weight excluding hydrogens is 259 g/mol. The first-order chi connectivity index (χ1) is 7.00. The third-order valence-electron chi connectivity index (χ3n) is 2.85. The summed E-state index contributed by atoms with van der Waals surface area (Å²) in [6, 6.07) is 4.95. The van der Waals surface area contributed by atoms with E-state index in [1.807, 2.05) is 13.8 Å². The van der Waals surface area contributed by atoms with Crippen LogP contribution in [0.2, 0.25) is 0 Å². The van der Waals surface area contributed by atoms with Crippen molar-refractivity contribution in [1.29, 1.82) is 0 Å². The van der Waals surface area contributed by atoms with Gasteiger partial charge in [0.15, 0.2) is 0 Å². The molecule has 0 saturated heterocycles. The van der Waals surface area contributed by atoms with Gasteiger partial charge in [-0.25, -0.2) is 4.39 Å². The topological polar surface area (TPSA) is 20.2 Å². The molecule has 0 unspecified atom stereocenters. The molecule has 1 nitrogen and oxygen atoms in total. The van der Waals surface area contributed by atoms with Gasteiger partial charge in [-0.15, -0.1) is 0 Å². The Kier molecular flexibility index (Phi) is 4.29. The van der Waals surface area contributed by atoms with Crippen LogP contribution in [0.5, 0.6) is 0 Å². The van der Waals surface area contributed by atoms with Gasteiger partial charge in [0.1, 0.15) is 5.82 Å². The fraction of sp³-hybridized carbons (Fsp3) is 0.500. The van der Waals surface area contributed by atoms with E-state index in [2.05, 4.69) is 15.9 Å². The molecular formula is C12H16BrFO. The van der Waals surface area contributed by atoms with E-state index < -0.39 is 5.60 Å². The van der Waals surface area contributed by atoms with E-state index in [-0.39, 0.29) is 5.82 Å². The quantitative estimate of drug-likeness (QED) is 0.888. The van der Waals surface area contributed by atoms with E-state index in [1.165, 1.54) is 6.07 Å². The van der Waals surface area contributed by atoms with E-state index in [4.69, 9.17) is 0 Å². The smallest absolute Gasteiger partial charge is 0.127 e. The lowest BCUT2D eigenvalue weighted by atomic mass is 9.89. The van der Waals surface area contributed by atoms with Gasteiger partial charge in [0.2, 0.25) is 0 Å². The van der Waals surface area contributed by atoms with Gasteiger partial charge in [0.05, 0.1) is 5.60 Å². The highest BCUT2D eigenvalue weighted by molar-refractivity contribution is 9.10. The first-order valence-corrected chi connectivity index (χ1v) is 5.96. The molecule has 0 heterocycles. The fourth-order valence-corrected chi connectivity index (χ4v) is 1.85. The van der Waals surface area contributed by atoms with Crippen molar-refractivity contribution in [1.82, 2.24) is 0 Å². The maximum Gasteiger partial charge on any atom is 0.127 e. The lowest BCUT2D eigenvalue weighted by Crippen LogP contribution is -2.29. The second-order valence-electron chi connectivity index (χ2n) is 3.84. The van der Waals surface area contributed by atoms with Crippen LogP contribution in [-0.2, 0) is 6.42 Å². The van der Waals surface area contributed by atoms with Crippen molar-refractivity contribution in [2.24, 2.45) is 0 Å². The molecule has 0 aliphatic rings. The molecule has 0 radical (unpaired) electrons. The minimum absolute atomic E-state index is 0.260. The number of hydrogen-bond acceptors (Lipinski definition) is 1. The Morgan fingerprint density at radius 3 is 2.40 bits per heavy atom. The Bertz CT molecular complexity index is 334. The Balaban J connectivity index is 2.89. The van der Waals surface area contributed by atoms with Crippen LogP contribution in [0.4, 0.5) is 4.39 Å². The normalized spacial score (nSPS) is 11.8. The third-order valence-corrected chi connectivity index (χ3v) is 3.34. The molecule has 1 rings (SSSR count). The zero-order valence-corrected chi connectivity index (χ0v) is 10.6. The van der Waals surface area contributed by atoms with E-state index in [0.717, 1.165) is 4.47 Å². The predicted molar refractivity (Wildman–Crippen MR) is 63.3 cm³/mol. The second-order valence-corrected chi connectivity index (χ2v) is 4.76. The van der Waals surface area contributed by atoms with Crippen molar-refractivity contribution in [3.8, 4) is 0 Å². The number of benzene rings is 1. The highest BCUT2D eigenvalue weighted by Crippen LogP contribution is 2.24. The summed E-state index contributed by atoms with van der Waals surface area (Å²) < 4.78 is 14.2. The summed E-state index contributed by atoms with van der Waals surface area (Å²) in [7, 11) is 0. The molecule has 1 N–H and O–H groups in total.